The maximum Gasteiger partial charge on any atom is 0.120 e. The van der Waals surface area contributed by atoms with Gasteiger partial charge in [0, 0.05) is 25.2 Å². The van der Waals surface area contributed by atoms with Crippen LogP contribution in [0.3, 0.4) is 0 Å². The second-order valence-corrected chi connectivity index (χ2v) is 8.44. The number of rotatable bonds is 2. The van der Waals surface area contributed by atoms with Crippen molar-refractivity contribution in [2.75, 3.05) is 34.2 Å². The van der Waals surface area contributed by atoms with Crippen LogP contribution < -0.4 is 5.32 Å². The van der Waals surface area contributed by atoms with E-state index in [0.717, 1.165) is 0 Å². The number of nitrogens with one attached hydrogen (secondary N) is 1. The van der Waals surface area contributed by atoms with Gasteiger partial charge in [-0.3, -0.25) is 15.1 Å². The van der Waals surface area contributed by atoms with Gasteiger partial charge in [-0.25, -0.2) is 0 Å². The zero-order chi connectivity index (χ0) is 14.0. The Morgan fingerprint density at radius 2 is 1.63 bits per heavy atom. The number of nitrogens with zero attached hydrogens (tertiary/aromatic N) is 3. The van der Waals surface area contributed by atoms with Crippen molar-refractivity contribution in [3.8, 4) is 0 Å². The summed E-state index contributed by atoms with van der Waals surface area (Å²) in [5.41, 5.74) is 0.915. The quantitative estimate of drug-likeness (QED) is 0.781. The van der Waals surface area contributed by atoms with Gasteiger partial charge in [-0.05, 0) is 47.8 Å². The lowest BCUT2D eigenvalue weighted by atomic mass is 10.1. The lowest BCUT2D eigenvalue weighted by molar-refractivity contribution is 0.104. The van der Waals surface area contributed by atoms with Gasteiger partial charge in [-0.2, -0.15) is 0 Å². The van der Waals surface area contributed by atoms with E-state index in [1.165, 1.54) is 25.9 Å². The van der Waals surface area contributed by atoms with Crippen molar-refractivity contribution in [3.63, 3.8) is 0 Å². The molecule has 4 unspecified atom stereocenters. The van der Waals surface area contributed by atoms with Gasteiger partial charge in [-0.15, -0.1) is 0 Å². The molecule has 0 bridgehead atoms. The van der Waals surface area contributed by atoms with E-state index in [9.17, 15) is 0 Å². The van der Waals surface area contributed by atoms with Crippen LogP contribution in [0.25, 0.3) is 0 Å². The van der Waals surface area contributed by atoms with Crippen LogP contribution in [0, 0.1) is 0 Å². The molecule has 2 saturated heterocycles. The molecule has 112 valence electrons. The smallest absolute Gasteiger partial charge is 0.120 e. The fraction of sp³-hybridized carbons (Fsp3) is 1.00. The topological polar surface area (TPSA) is 21.8 Å². The van der Waals surface area contributed by atoms with E-state index < -0.39 is 0 Å². The summed E-state index contributed by atoms with van der Waals surface area (Å²) in [6, 6.07) is 1.36. The first-order valence-electron chi connectivity index (χ1n) is 7.19. The predicted octanol–water partition coefficient (Wildman–Crippen LogP) is 1.90. The molecule has 2 aliphatic rings. The summed E-state index contributed by atoms with van der Waals surface area (Å²) < 4.78 is 0. The van der Waals surface area contributed by atoms with Crippen molar-refractivity contribution in [1.29, 1.82) is 0 Å². The molecule has 4 nitrogen and oxygen atoms in total. The minimum Gasteiger partial charge on any atom is -0.301 e. The average molecular weight is 305 g/mol. The number of hydrogen-bond acceptors (Lipinski definition) is 6. The van der Waals surface area contributed by atoms with Gasteiger partial charge >= 0.3 is 0 Å². The van der Waals surface area contributed by atoms with Crippen LogP contribution in [0.5, 0.6) is 0 Å². The Bertz CT molecular complexity index is 276. The molecule has 0 spiro atoms. The van der Waals surface area contributed by atoms with Crippen LogP contribution in [0.4, 0.5) is 0 Å². The minimum absolute atomic E-state index is 0.443. The maximum absolute atomic E-state index is 3.71. The SMILES string of the molecule is CC1CCN(C2NC(N(C)C)SS2)CCC(C)N1C. The van der Waals surface area contributed by atoms with E-state index in [1.807, 2.05) is 21.6 Å². The van der Waals surface area contributed by atoms with Gasteiger partial charge in [0.1, 0.15) is 11.0 Å². The Morgan fingerprint density at radius 3 is 2.11 bits per heavy atom. The van der Waals surface area contributed by atoms with E-state index in [0.29, 0.717) is 23.1 Å². The van der Waals surface area contributed by atoms with Gasteiger partial charge in [0.25, 0.3) is 0 Å². The Kier molecular flexibility index (Phi) is 5.87. The Balaban J connectivity index is 1.90. The molecule has 2 rings (SSSR count). The molecule has 0 aliphatic carbocycles. The van der Waals surface area contributed by atoms with Crippen LogP contribution >= 0.6 is 21.6 Å². The zero-order valence-electron chi connectivity index (χ0n) is 12.8. The lowest BCUT2D eigenvalue weighted by Crippen LogP contribution is -2.51. The second-order valence-electron chi connectivity index (χ2n) is 6.00. The van der Waals surface area contributed by atoms with Gasteiger partial charge in [-0.1, -0.05) is 21.6 Å². The summed E-state index contributed by atoms with van der Waals surface area (Å²) >= 11 is 0. The standard InChI is InChI=1S/C13H28N4S2/c1-10-6-8-17(9-7-11(2)16(10)5)13-14-12(15(3)4)18-19-13/h10-14H,6-9H2,1-5H3. The second kappa shape index (κ2) is 7.00. The van der Waals surface area contributed by atoms with E-state index in [1.54, 1.807) is 0 Å². The average Bonchev–Trinajstić information content (AvgIpc) is 2.85. The van der Waals surface area contributed by atoms with Gasteiger partial charge in [0.05, 0.1) is 0 Å². The molecule has 0 radical (unpaired) electrons. The Hall–Kier alpha value is 0.540. The Morgan fingerprint density at radius 1 is 1.05 bits per heavy atom. The summed E-state index contributed by atoms with van der Waals surface area (Å²) in [6.45, 7) is 7.10. The van der Waals surface area contributed by atoms with Gasteiger partial charge in [0.2, 0.25) is 0 Å². The van der Waals surface area contributed by atoms with Crippen molar-refractivity contribution in [2.24, 2.45) is 0 Å². The fourth-order valence-corrected chi connectivity index (χ4v) is 5.59. The first kappa shape index (κ1) is 15.9. The van der Waals surface area contributed by atoms with E-state index in [4.69, 9.17) is 0 Å². The molecule has 2 fully saturated rings. The predicted molar refractivity (Wildman–Crippen MR) is 87.1 cm³/mol. The van der Waals surface area contributed by atoms with Crippen LogP contribution in [-0.4, -0.2) is 72.0 Å². The summed E-state index contributed by atoms with van der Waals surface area (Å²) in [6.07, 6.45) is 2.52. The van der Waals surface area contributed by atoms with Crippen LogP contribution in [0.15, 0.2) is 0 Å². The molecular formula is C13H28N4S2. The third-order valence-electron chi connectivity index (χ3n) is 4.38. The molecule has 1 N–H and O–H groups in total. The molecule has 0 aromatic heterocycles. The third kappa shape index (κ3) is 4.02. The van der Waals surface area contributed by atoms with Crippen molar-refractivity contribution in [1.82, 2.24) is 20.0 Å². The minimum atomic E-state index is 0.443. The Labute approximate surface area is 126 Å². The summed E-state index contributed by atoms with van der Waals surface area (Å²) in [5.74, 6) is 0. The van der Waals surface area contributed by atoms with E-state index in [-0.39, 0.29) is 0 Å². The van der Waals surface area contributed by atoms with Gasteiger partial charge in [0.15, 0.2) is 0 Å². The lowest BCUT2D eigenvalue weighted by Gasteiger charge is -2.38. The molecule has 0 saturated carbocycles. The summed E-state index contributed by atoms with van der Waals surface area (Å²) in [5, 5.41) is 3.71. The molecule has 2 heterocycles. The fourth-order valence-electron chi connectivity index (χ4n) is 2.58. The van der Waals surface area contributed by atoms with Crippen molar-refractivity contribution in [3.05, 3.63) is 0 Å². The van der Waals surface area contributed by atoms with Crippen LogP contribution in [0.1, 0.15) is 26.7 Å². The van der Waals surface area contributed by atoms with Crippen LogP contribution in [-0.2, 0) is 0 Å². The molecule has 2 aliphatic heterocycles. The highest BCUT2D eigenvalue weighted by Gasteiger charge is 2.32. The third-order valence-corrected chi connectivity index (χ3v) is 7.28. The maximum atomic E-state index is 3.71. The summed E-state index contributed by atoms with van der Waals surface area (Å²) in [4.78, 5) is 7.41. The molecule has 0 aromatic carbocycles. The molecule has 6 heteroatoms. The van der Waals surface area contributed by atoms with Crippen molar-refractivity contribution in [2.45, 2.75) is 49.8 Å². The van der Waals surface area contributed by atoms with E-state index >= 15 is 0 Å². The monoisotopic (exact) mass is 304 g/mol. The molecule has 4 atom stereocenters. The van der Waals surface area contributed by atoms with Crippen molar-refractivity contribution >= 4 is 21.6 Å². The molecular weight excluding hydrogens is 276 g/mol. The molecule has 0 amide bonds. The first-order chi connectivity index (χ1) is 8.99. The molecule has 19 heavy (non-hydrogen) atoms. The highest BCUT2D eigenvalue weighted by atomic mass is 33.1. The van der Waals surface area contributed by atoms with Crippen molar-refractivity contribution < 1.29 is 0 Å². The van der Waals surface area contributed by atoms with Gasteiger partial charge < -0.3 is 4.90 Å². The highest BCUT2D eigenvalue weighted by Crippen LogP contribution is 2.39. The molecule has 0 aromatic rings. The zero-order valence-corrected chi connectivity index (χ0v) is 14.4. The normalized spacial score (nSPS) is 39.5. The highest BCUT2D eigenvalue weighted by molar-refractivity contribution is 8.77. The number of hydrogen-bond donors (Lipinski definition) is 1. The first-order valence-corrected chi connectivity index (χ1v) is 9.47. The summed E-state index contributed by atoms with van der Waals surface area (Å²) in [7, 11) is 10.5. The largest absolute Gasteiger partial charge is 0.301 e. The van der Waals surface area contributed by atoms with Crippen LogP contribution in [0.2, 0.25) is 0 Å². The van der Waals surface area contributed by atoms with E-state index in [2.05, 4.69) is 55.0 Å².